The molecule has 1 aliphatic carbocycles. The molecule has 1 saturated heterocycles. The second kappa shape index (κ2) is 8.22. The number of alkyl halides is 3. The van der Waals surface area contributed by atoms with Crippen LogP contribution in [-0.2, 0) is 11.4 Å². The zero-order valence-corrected chi connectivity index (χ0v) is 18.5. The molecule has 0 aromatic heterocycles. The summed E-state index contributed by atoms with van der Waals surface area (Å²) < 4.78 is 85.5. The number of piperidine rings is 1. The fraction of sp³-hybridized carbons (Fsp3) is 0.650. The Balaban J connectivity index is 1.94. The number of nitrogens with zero attached hydrogens (tertiary/aromatic N) is 2. The van der Waals surface area contributed by atoms with Crippen molar-refractivity contribution in [2.45, 2.75) is 69.0 Å². The third-order valence-electron chi connectivity index (χ3n) is 5.76. The summed E-state index contributed by atoms with van der Waals surface area (Å²) >= 11 is 4.20. The molecule has 1 saturated carbocycles. The molecule has 3 nitrogen and oxygen atoms in total. The van der Waals surface area contributed by atoms with Crippen molar-refractivity contribution in [3.63, 3.8) is 0 Å². The van der Waals surface area contributed by atoms with Crippen LogP contribution < -0.4 is 0 Å². The van der Waals surface area contributed by atoms with E-state index in [0.29, 0.717) is 6.42 Å². The van der Waals surface area contributed by atoms with Gasteiger partial charge >= 0.3 is 6.18 Å². The quantitative estimate of drug-likeness (QED) is 0.234. The molecule has 10 heteroatoms. The monoisotopic (exact) mass is 470 g/mol. The van der Waals surface area contributed by atoms with Gasteiger partial charge in [0.05, 0.1) is 6.21 Å². The highest BCUT2D eigenvalue weighted by Gasteiger charge is 2.68. The number of likely N-dealkylation sites (tertiary alicyclic amines) is 1. The van der Waals surface area contributed by atoms with E-state index in [0.717, 1.165) is 12.1 Å². The summed E-state index contributed by atoms with van der Waals surface area (Å²) in [4.78, 5) is 1.28. The third-order valence-corrected chi connectivity index (χ3v) is 7.47. The van der Waals surface area contributed by atoms with Crippen molar-refractivity contribution in [1.29, 1.82) is 0 Å². The smallest absolute Gasteiger partial charge is 0.406 e. The van der Waals surface area contributed by atoms with Crippen LogP contribution in [0.2, 0.25) is 5.02 Å². The van der Waals surface area contributed by atoms with E-state index in [1.165, 1.54) is 11.1 Å². The molecule has 0 radical (unpaired) electrons. The number of hydrogen-bond acceptors (Lipinski definition) is 3. The van der Waals surface area contributed by atoms with Crippen molar-refractivity contribution < 1.29 is 26.5 Å². The average molecular weight is 471 g/mol. The fourth-order valence-corrected chi connectivity index (χ4v) is 4.66. The van der Waals surface area contributed by atoms with Crippen molar-refractivity contribution in [1.82, 2.24) is 4.90 Å². The van der Waals surface area contributed by atoms with Gasteiger partial charge in [-0.25, -0.2) is 8.78 Å². The molecule has 30 heavy (non-hydrogen) atoms. The van der Waals surface area contributed by atoms with E-state index in [1.54, 1.807) is 20.8 Å². The van der Waals surface area contributed by atoms with Gasteiger partial charge in [-0.3, -0.25) is 4.90 Å². The van der Waals surface area contributed by atoms with E-state index in [1.807, 2.05) is 0 Å². The molecule has 1 aliphatic heterocycles. The first-order valence-corrected chi connectivity index (χ1v) is 11.2. The molecular formula is C20H24ClF5N2OS. The van der Waals surface area contributed by atoms with E-state index < -0.39 is 50.5 Å². The van der Waals surface area contributed by atoms with Gasteiger partial charge in [0, 0.05) is 24.1 Å². The van der Waals surface area contributed by atoms with Gasteiger partial charge in [0.2, 0.25) is 0 Å². The van der Waals surface area contributed by atoms with Gasteiger partial charge in [0.15, 0.2) is 0 Å². The number of halogens is 6. The summed E-state index contributed by atoms with van der Waals surface area (Å²) in [5.74, 6) is -2.29. The van der Waals surface area contributed by atoms with Crippen molar-refractivity contribution >= 4 is 29.2 Å². The van der Waals surface area contributed by atoms with Gasteiger partial charge in [0.1, 0.15) is 38.3 Å². The second-order valence-electron chi connectivity index (χ2n) is 8.90. The van der Waals surface area contributed by atoms with Crippen molar-refractivity contribution in [2.24, 2.45) is 10.3 Å². The first-order valence-electron chi connectivity index (χ1n) is 9.71. The minimum absolute atomic E-state index is 0.0592. The molecule has 3 atom stereocenters. The highest BCUT2D eigenvalue weighted by Crippen LogP contribution is 2.58. The Morgan fingerprint density at radius 3 is 2.40 bits per heavy atom. The van der Waals surface area contributed by atoms with Crippen molar-refractivity contribution in [3.05, 3.63) is 34.4 Å². The maximum atomic E-state index is 14.8. The summed E-state index contributed by atoms with van der Waals surface area (Å²) in [6.45, 7) is 5.36. The Morgan fingerprint density at radius 1 is 1.23 bits per heavy atom. The van der Waals surface area contributed by atoms with Crippen LogP contribution in [-0.4, -0.2) is 38.7 Å². The summed E-state index contributed by atoms with van der Waals surface area (Å²) in [5.41, 5.74) is -2.06. The molecule has 2 fully saturated rings. The summed E-state index contributed by atoms with van der Waals surface area (Å²) in [6, 6.07) is 1.19. The normalized spacial score (nSPS) is 26.2. The van der Waals surface area contributed by atoms with E-state index in [4.69, 9.17) is 11.6 Å². The molecule has 0 N–H and O–H groups in total. The molecule has 3 unspecified atom stereocenters. The molecule has 2 aliphatic rings. The Bertz CT molecular complexity index is 823. The zero-order valence-electron chi connectivity index (χ0n) is 16.9. The summed E-state index contributed by atoms with van der Waals surface area (Å²) in [7, 11) is 0. The lowest BCUT2D eigenvalue weighted by molar-refractivity contribution is -0.207. The van der Waals surface area contributed by atoms with Gasteiger partial charge in [-0.1, -0.05) is 22.1 Å². The van der Waals surface area contributed by atoms with E-state index in [-0.39, 0.29) is 37.3 Å². The predicted molar refractivity (Wildman–Crippen MR) is 108 cm³/mol. The molecule has 3 rings (SSSR count). The number of benzene rings is 1. The molecule has 1 aromatic carbocycles. The summed E-state index contributed by atoms with van der Waals surface area (Å²) in [6.07, 6.45) is -2.56. The molecule has 168 valence electrons. The van der Waals surface area contributed by atoms with Crippen LogP contribution in [0.1, 0.15) is 58.1 Å². The lowest BCUT2D eigenvalue weighted by Gasteiger charge is -2.44. The molecule has 0 spiro atoms. The highest BCUT2D eigenvalue weighted by molar-refractivity contribution is 7.91. The van der Waals surface area contributed by atoms with Crippen molar-refractivity contribution in [3.8, 4) is 0 Å². The van der Waals surface area contributed by atoms with Gasteiger partial charge in [0.25, 0.3) is 0 Å². The van der Waals surface area contributed by atoms with Gasteiger partial charge in [-0.15, -0.1) is 0 Å². The van der Waals surface area contributed by atoms with Crippen LogP contribution in [0.5, 0.6) is 0 Å². The Labute approximate surface area is 181 Å². The Hall–Kier alpha value is -0.900. The predicted octanol–water partition coefficient (Wildman–Crippen LogP) is 6.00. The van der Waals surface area contributed by atoms with Gasteiger partial charge in [-0.2, -0.15) is 13.2 Å². The SMILES string of the molecule is CC(C)(C)[S+]([O-])N=CC1CCN(C2(C(F)(F)F)CC2)C(c2ccc(F)c(Cl)c2F)C1. The third kappa shape index (κ3) is 4.49. The second-order valence-corrected chi connectivity index (χ2v) is 11.2. The largest absolute Gasteiger partial charge is 0.591 e. The van der Waals surface area contributed by atoms with Crippen LogP contribution in [0, 0.1) is 17.6 Å². The maximum absolute atomic E-state index is 14.8. The fourth-order valence-electron chi connectivity index (χ4n) is 3.88. The highest BCUT2D eigenvalue weighted by atomic mass is 35.5. The first-order chi connectivity index (χ1) is 13.8. The van der Waals surface area contributed by atoms with Crippen molar-refractivity contribution in [2.75, 3.05) is 6.54 Å². The molecule has 0 bridgehead atoms. The molecule has 1 aromatic rings. The van der Waals surface area contributed by atoms with Crippen LogP contribution >= 0.6 is 11.6 Å². The van der Waals surface area contributed by atoms with Crippen LogP contribution in [0.15, 0.2) is 16.5 Å². The number of rotatable bonds is 4. The van der Waals surface area contributed by atoms with Crippen LogP contribution in [0.3, 0.4) is 0 Å². The first kappa shape index (κ1) is 23.8. The van der Waals surface area contributed by atoms with Gasteiger partial charge < -0.3 is 4.55 Å². The molecular weight excluding hydrogens is 447 g/mol. The topological polar surface area (TPSA) is 38.7 Å². The van der Waals surface area contributed by atoms with Gasteiger partial charge in [-0.05, 0) is 52.5 Å². The Kier molecular flexibility index (Phi) is 6.51. The molecule has 0 amide bonds. The lowest BCUT2D eigenvalue weighted by atomic mass is 9.85. The van der Waals surface area contributed by atoms with E-state index in [2.05, 4.69) is 4.40 Å². The minimum Gasteiger partial charge on any atom is -0.591 e. The van der Waals surface area contributed by atoms with E-state index >= 15 is 0 Å². The Morgan fingerprint density at radius 2 is 1.87 bits per heavy atom. The molecule has 1 heterocycles. The standard InChI is InChI=1S/C20H24ClF5N2OS/c1-18(2,3)30(29)27-11-12-6-9-28(19(7-8-19)20(24,25)26)15(10-12)13-4-5-14(22)16(21)17(13)23/h4-5,11-12,15H,6-10H2,1-3H3. The average Bonchev–Trinajstić information content (AvgIpc) is 3.45. The zero-order chi connectivity index (χ0) is 22.5. The van der Waals surface area contributed by atoms with Crippen LogP contribution in [0.4, 0.5) is 22.0 Å². The van der Waals surface area contributed by atoms with E-state index in [9.17, 15) is 26.5 Å². The number of hydrogen-bond donors (Lipinski definition) is 0. The maximum Gasteiger partial charge on any atom is 0.406 e. The lowest BCUT2D eigenvalue weighted by Crippen LogP contribution is -2.53. The minimum atomic E-state index is -4.46. The summed E-state index contributed by atoms with van der Waals surface area (Å²) in [5, 5.41) is -0.728. The van der Waals surface area contributed by atoms with Crippen LogP contribution in [0.25, 0.3) is 0 Å².